The van der Waals surface area contributed by atoms with Crippen molar-refractivity contribution < 1.29 is 18.8 Å². The van der Waals surface area contributed by atoms with Gasteiger partial charge in [0.05, 0.1) is 12.0 Å². The molecule has 0 fully saturated rings. The van der Waals surface area contributed by atoms with Gasteiger partial charge < -0.3 is 14.0 Å². The van der Waals surface area contributed by atoms with Crippen LogP contribution >= 0.6 is 11.3 Å². The molecule has 4 aromatic rings. The summed E-state index contributed by atoms with van der Waals surface area (Å²) in [5.41, 5.74) is 0.896. The number of carbonyl (C=O) groups excluding carboxylic acids is 1. The van der Waals surface area contributed by atoms with E-state index >= 15 is 0 Å². The van der Waals surface area contributed by atoms with E-state index in [4.69, 9.17) is 14.0 Å². The van der Waals surface area contributed by atoms with Crippen LogP contribution in [0.4, 0.5) is 0 Å². The summed E-state index contributed by atoms with van der Waals surface area (Å²) in [6, 6.07) is 15.5. The van der Waals surface area contributed by atoms with Crippen LogP contribution in [0.3, 0.4) is 0 Å². The molecule has 0 aliphatic carbocycles. The lowest BCUT2D eigenvalue weighted by Gasteiger charge is -2.03. The van der Waals surface area contributed by atoms with Crippen LogP contribution in [0.1, 0.15) is 11.5 Å². The van der Waals surface area contributed by atoms with Crippen molar-refractivity contribution in [3.8, 4) is 16.5 Å². The van der Waals surface area contributed by atoms with Gasteiger partial charge in [0.25, 0.3) is 5.89 Å². The van der Waals surface area contributed by atoms with Gasteiger partial charge in [0, 0.05) is 6.08 Å². The first-order chi connectivity index (χ1) is 13.7. The first kappa shape index (κ1) is 17.9. The fourth-order valence-electron chi connectivity index (χ4n) is 2.64. The molecule has 0 atom stereocenters. The Morgan fingerprint density at radius 1 is 1.18 bits per heavy atom. The van der Waals surface area contributed by atoms with E-state index in [1.807, 2.05) is 53.9 Å². The number of rotatable bonds is 6. The van der Waals surface area contributed by atoms with E-state index in [1.165, 1.54) is 17.4 Å². The molecule has 0 aliphatic rings. The van der Waals surface area contributed by atoms with Crippen molar-refractivity contribution in [1.29, 1.82) is 0 Å². The van der Waals surface area contributed by atoms with E-state index in [9.17, 15) is 4.79 Å². The third-order valence-corrected chi connectivity index (χ3v) is 4.90. The largest absolute Gasteiger partial charge is 0.497 e. The lowest BCUT2D eigenvalue weighted by molar-refractivity contribution is -0.139. The van der Waals surface area contributed by atoms with E-state index in [2.05, 4.69) is 10.1 Å². The molecule has 0 aliphatic heterocycles. The number of thiophene rings is 1. The quantitative estimate of drug-likeness (QED) is 0.349. The van der Waals surface area contributed by atoms with Crippen molar-refractivity contribution >= 4 is 34.2 Å². The number of carbonyl (C=O) groups is 1. The molecule has 0 saturated heterocycles. The first-order valence-electron chi connectivity index (χ1n) is 8.50. The number of methoxy groups -OCH3 is 1. The van der Waals surface area contributed by atoms with Crippen molar-refractivity contribution in [1.82, 2.24) is 10.1 Å². The lowest BCUT2D eigenvalue weighted by atomic mass is 10.1. The van der Waals surface area contributed by atoms with Crippen LogP contribution in [-0.4, -0.2) is 23.2 Å². The molecule has 0 bridgehead atoms. The summed E-state index contributed by atoms with van der Waals surface area (Å²) in [5, 5.41) is 7.93. The molecule has 4 rings (SSSR count). The minimum absolute atomic E-state index is 0.0704. The standard InChI is InChI=1S/C21H16N2O4S/c1-25-17-8-7-15-11-14(4-6-16(15)12-17)5-9-20(24)26-13-19-22-21(23-27-19)18-3-2-10-28-18/h2-12H,13H2,1H3/b9-5+. The van der Waals surface area contributed by atoms with Crippen LogP contribution in [-0.2, 0) is 16.1 Å². The van der Waals surface area contributed by atoms with Gasteiger partial charge in [0.1, 0.15) is 5.75 Å². The van der Waals surface area contributed by atoms with Crippen LogP contribution < -0.4 is 4.74 Å². The fraction of sp³-hybridized carbons (Fsp3) is 0.0952. The van der Waals surface area contributed by atoms with Crippen LogP contribution in [0.15, 0.2) is 64.5 Å². The summed E-state index contributed by atoms with van der Waals surface area (Å²) in [6.45, 7) is -0.0704. The number of ether oxygens (including phenoxy) is 2. The molecule has 0 spiro atoms. The molecular weight excluding hydrogens is 376 g/mol. The Labute approximate surface area is 165 Å². The summed E-state index contributed by atoms with van der Waals surface area (Å²) >= 11 is 1.51. The van der Waals surface area contributed by atoms with Crippen molar-refractivity contribution in [2.75, 3.05) is 7.11 Å². The summed E-state index contributed by atoms with van der Waals surface area (Å²) in [4.78, 5) is 17.1. The highest BCUT2D eigenvalue weighted by atomic mass is 32.1. The molecule has 7 heteroatoms. The van der Waals surface area contributed by atoms with Crippen LogP contribution in [0.2, 0.25) is 0 Å². The number of aromatic nitrogens is 2. The van der Waals surface area contributed by atoms with E-state index < -0.39 is 5.97 Å². The zero-order chi connectivity index (χ0) is 19.3. The molecule has 140 valence electrons. The number of fused-ring (bicyclic) bond motifs is 1. The molecule has 2 aromatic heterocycles. The van der Waals surface area contributed by atoms with Gasteiger partial charge >= 0.3 is 5.97 Å². The molecule has 2 aromatic carbocycles. The van der Waals surface area contributed by atoms with Gasteiger partial charge in [-0.3, -0.25) is 0 Å². The van der Waals surface area contributed by atoms with Crippen molar-refractivity contribution in [3.05, 3.63) is 71.4 Å². The van der Waals surface area contributed by atoms with Crippen molar-refractivity contribution in [2.45, 2.75) is 6.61 Å². The monoisotopic (exact) mass is 392 g/mol. The average Bonchev–Trinajstić information content (AvgIpc) is 3.41. The summed E-state index contributed by atoms with van der Waals surface area (Å²) < 4.78 is 15.5. The predicted molar refractivity (Wildman–Crippen MR) is 107 cm³/mol. The topological polar surface area (TPSA) is 74.5 Å². The van der Waals surface area contributed by atoms with E-state index in [0.717, 1.165) is 27.0 Å². The Bertz CT molecular complexity index is 1130. The number of hydrogen-bond acceptors (Lipinski definition) is 7. The predicted octanol–water partition coefficient (Wildman–Crippen LogP) is 4.72. The second kappa shape index (κ2) is 8.06. The fourth-order valence-corrected chi connectivity index (χ4v) is 3.29. The van der Waals surface area contributed by atoms with Crippen LogP contribution in [0.25, 0.3) is 27.6 Å². The maximum absolute atomic E-state index is 12.0. The van der Waals surface area contributed by atoms with Gasteiger partial charge in [-0.05, 0) is 52.1 Å². The second-order valence-corrected chi connectivity index (χ2v) is 6.85. The molecule has 0 amide bonds. The Morgan fingerprint density at radius 2 is 2.04 bits per heavy atom. The Hall–Kier alpha value is -3.45. The molecule has 6 nitrogen and oxygen atoms in total. The van der Waals surface area contributed by atoms with Crippen LogP contribution in [0, 0.1) is 0 Å². The maximum Gasteiger partial charge on any atom is 0.331 e. The van der Waals surface area contributed by atoms with E-state index in [-0.39, 0.29) is 12.5 Å². The van der Waals surface area contributed by atoms with Gasteiger partial charge in [-0.1, -0.05) is 29.4 Å². The third-order valence-electron chi connectivity index (χ3n) is 4.03. The first-order valence-corrected chi connectivity index (χ1v) is 9.38. The Kier molecular flexibility index (Phi) is 5.16. The molecule has 0 saturated carbocycles. The highest BCUT2D eigenvalue weighted by Gasteiger charge is 2.10. The highest BCUT2D eigenvalue weighted by molar-refractivity contribution is 7.13. The molecular formula is C21H16N2O4S. The van der Waals surface area contributed by atoms with E-state index in [0.29, 0.717) is 5.82 Å². The number of nitrogens with zero attached hydrogens (tertiary/aromatic N) is 2. The average molecular weight is 392 g/mol. The minimum Gasteiger partial charge on any atom is -0.497 e. The molecule has 0 unspecified atom stereocenters. The smallest absolute Gasteiger partial charge is 0.331 e. The van der Waals surface area contributed by atoms with Gasteiger partial charge in [0.2, 0.25) is 5.82 Å². The Balaban J connectivity index is 1.37. The summed E-state index contributed by atoms with van der Waals surface area (Å²) in [7, 11) is 1.64. The van der Waals surface area contributed by atoms with Crippen molar-refractivity contribution in [3.63, 3.8) is 0 Å². The lowest BCUT2D eigenvalue weighted by Crippen LogP contribution is -2.00. The minimum atomic E-state index is -0.481. The molecule has 0 radical (unpaired) electrons. The number of benzene rings is 2. The SMILES string of the molecule is COc1ccc2cc(/C=C/C(=O)OCc3nc(-c4cccs4)no3)ccc2c1. The van der Waals surface area contributed by atoms with Gasteiger partial charge in [0.15, 0.2) is 6.61 Å². The number of esters is 1. The zero-order valence-electron chi connectivity index (χ0n) is 15.0. The molecule has 0 N–H and O–H groups in total. The third kappa shape index (κ3) is 4.10. The second-order valence-electron chi connectivity index (χ2n) is 5.90. The Morgan fingerprint density at radius 3 is 2.86 bits per heavy atom. The highest BCUT2D eigenvalue weighted by Crippen LogP contribution is 2.23. The van der Waals surface area contributed by atoms with E-state index in [1.54, 1.807) is 13.2 Å². The van der Waals surface area contributed by atoms with Gasteiger partial charge in [-0.25, -0.2) is 4.79 Å². The zero-order valence-corrected chi connectivity index (χ0v) is 15.8. The maximum atomic E-state index is 12.0. The molecule has 28 heavy (non-hydrogen) atoms. The van der Waals surface area contributed by atoms with Crippen molar-refractivity contribution in [2.24, 2.45) is 0 Å². The number of hydrogen-bond donors (Lipinski definition) is 0. The molecule has 2 heterocycles. The summed E-state index contributed by atoms with van der Waals surface area (Å²) in [6.07, 6.45) is 3.08. The van der Waals surface area contributed by atoms with Gasteiger partial charge in [-0.15, -0.1) is 11.3 Å². The van der Waals surface area contributed by atoms with Crippen LogP contribution in [0.5, 0.6) is 5.75 Å². The normalized spacial score (nSPS) is 11.2. The van der Waals surface area contributed by atoms with Gasteiger partial charge in [-0.2, -0.15) is 4.98 Å². The summed E-state index contributed by atoms with van der Waals surface area (Å²) in [5.74, 6) is 1.07.